The van der Waals surface area contributed by atoms with Crippen LogP contribution in [0, 0.1) is 23.7 Å². The normalized spacial score (nSPS) is 24.9. The third kappa shape index (κ3) is 7.38. The molecule has 4 aliphatic rings. The van der Waals surface area contributed by atoms with Crippen molar-refractivity contribution in [3.8, 4) is 0 Å². The van der Waals surface area contributed by atoms with E-state index in [2.05, 4.69) is 26.8 Å². The summed E-state index contributed by atoms with van der Waals surface area (Å²) in [6.45, 7) is 1.82. The SMILES string of the molecule is COC(=O)CCC(=O)N[C@@H](CNC(=O)C(C)(Cc1cc2ccccc2s1)NC(=O)OC1C2CC3CC(C2)CC1C3)c1ccccc1. The number of amides is 3. The number of rotatable bonds is 12. The Morgan fingerprint density at radius 2 is 1.59 bits per heavy atom. The van der Waals surface area contributed by atoms with E-state index in [0.29, 0.717) is 11.8 Å². The average Bonchev–Trinajstić information content (AvgIpc) is 3.45. The molecule has 3 N–H and O–H groups in total. The smallest absolute Gasteiger partial charge is 0.408 e. The molecular formula is C36H43N3O6S. The Hall–Kier alpha value is -3.92. The lowest BCUT2D eigenvalue weighted by Gasteiger charge is -2.53. The second kappa shape index (κ2) is 13.8. The van der Waals surface area contributed by atoms with Crippen molar-refractivity contribution in [2.24, 2.45) is 23.7 Å². The van der Waals surface area contributed by atoms with Gasteiger partial charge in [-0.25, -0.2) is 4.79 Å². The van der Waals surface area contributed by atoms with Crippen molar-refractivity contribution in [1.29, 1.82) is 0 Å². The Morgan fingerprint density at radius 3 is 2.26 bits per heavy atom. The number of alkyl carbamates (subject to hydrolysis) is 1. The number of carbonyl (C=O) groups is 4. The third-order valence-electron chi connectivity index (χ3n) is 10.1. The van der Waals surface area contributed by atoms with Gasteiger partial charge in [-0.2, -0.15) is 0 Å². The molecule has 0 radical (unpaired) electrons. The highest BCUT2D eigenvalue weighted by atomic mass is 32.1. The molecule has 9 nitrogen and oxygen atoms in total. The monoisotopic (exact) mass is 645 g/mol. The summed E-state index contributed by atoms with van der Waals surface area (Å²) in [5, 5.41) is 10.0. The van der Waals surface area contributed by atoms with Crippen molar-refractivity contribution in [1.82, 2.24) is 16.0 Å². The van der Waals surface area contributed by atoms with E-state index < -0.39 is 23.6 Å². The molecule has 2 aromatic carbocycles. The molecule has 1 aromatic heterocycles. The fourth-order valence-electron chi connectivity index (χ4n) is 8.01. The van der Waals surface area contributed by atoms with E-state index >= 15 is 0 Å². The summed E-state index contributed by atoms with van der Waals surface area (Å²) in [5.74, 6) is 1.14. The Morgan fingerprint density at radius 1 is 0.913 bits per heavy atom. The van der Waals surface area contributed by atoms with Gasteiger partial charge in [-0.05, 0) is 85.8 Å². The van der Waals surface area contributed by atoms with Crippen LogP contribution >= 0.6 is 11.3 Å². The molecule has 0 aliphatic heterocycles. The number of thiophene rings is 1. The summed E-state index contributed by atoms with van der Waals surface area (Å²) >= 11 is 1.60. The van der Waals surface area contributed by atoms with Crippen LogP contribution in [0.25, 0.3) is 10.1 Å². The first kappa shape index (κ1) is 32.0. The summed E-state index contributed by atoms with van der Waals surface area (Å²) in [4.78, 5) is 53.0. The van der Waals surface area contributed by atoms with E-state index in [4.69, 9.17) is 4.74 Å². The summed E-state index contributed by atoms with van der Waals surface area (Å²) < 4.78 is 11.9. The van der Waals surface area contributed by atoms with Crippen LogP contribution in [-0.2, 0) is 30.3 Å². The maximum Gasteiger partial charge on any atom is 0.408 e. The molecule has 4 fully saturated rings. The number of benzene rings is 2. The molecule has 1 heterocycles. The number of carbonyl (C=O) groups excluding carboxylic acids is 4. The minimum Gasteiger partial charge on any atom is -0.469 e. The molecule has 2 atom stereocenters. The molecule has 10 heteroatoms. The Bertz CT molecular complexity index is 1510. The molecule has 3 aromatic rings. The second-order valence-electron chi connectivity index (χ2n) is 13.5. The Balaban J connectivity index is 1.17. The van der Waals surface area contributed by atoms with Gasteiger partial charge in [0.05, 0.1) is 19.6 Å². The quantitative estimate of drug-likeness (QED) is 0.218. The standard InChI is InChI=1S/C36H43N3O6S/c1-36(20-28-19-25-10-6-7-11-30(25)46-28,39-35(43)45-33-26-15-22-14-23(17-26)18-27(33)16-22)34(42)37-21-29(24-8-4-3-5-9-24)38-31(40)12-13-32(41)44-2/h3-11,19,22-23,26-27,29,33H,12-18,20-21H2,1-2H3,(H,37,42)(H,38,40)(H,39,43)/t22?,23?,26?,27?,29-,33?,36?/m0/s1. The first-order valence-corrected chi connectivity index (χ1v) is 17.2. The topological polar surface area (TPSA) is 123 Å². The molecule has 3 amide bonds. The molecule has 4 saturated carbocycles. The van der Waals surface area contributed by atoms with Crippen LogP contribution in [0.1, 0.15) is 68.4 Å². The fraction of sp³-hybridized carbons (Fsp3) is 0.500. The van der Waals surface area contributed by atoms with E-state index in [1.807, 2.05) is 54.6 Å². The van der Waals surface area contributed by atoms with E-state index in [0.717, 1.165) is 58.0 Å². The van der Waals surface area contributed by atoms with Crippen LogP contribution in [0.15, 0.2) is 60.7 Å². The predicted molar refractivity (Wildman–Crippen MR) is 176 cm³/mol. The van der Waals surface area contributed by atoms with Gasteiger partial charge >= 0.3 is 12.1 Å². The van der Waals surface area contributed by atoms with Crippen LogP contribution in [0.4, 0.5) is 4.79 Å². The van der Waals surface area contributed by atoms with Gasteiger partial charge in [0.25, 0.3) is 0 Å². The lowest BCUT2D eigenvalue weighted by atomic mass is 9.55. The fourth-order valence-corrected chi connectivity index (χ4v) is 9.23. The van der Waals surface area contributed by atoms with Crippen molar-refractivity contribution in [2.45, 2.75) is 76.0 Å². The first-order valence-electron chi connectivity index (χ1n) is 16.3. The second-order valence-corrected chi connectivity index (χ2v) is 14.7. The van der Waals surface area contributed by atoms with Gasteiger partial charge in [-0.15, -0.1) is 11.3 Å². The molecule has 244 valence electrons. The third-order valence-corrected chi connectivity index (χ3v) is 11.2. The zero-order chi connectivity index (χ0) is 32.3. The lowest BCUT2D eigenvalue weighted by molar-refractivity contribution is -0.142. The summed E-state index contributed by atoms with van der Waals surface area (Å²) in [6.07, 6.45) is 5.33. The highest BCUT2D eigenvalue weighted by molar-refractivity contribution is 7.19. The maximum absolute atomic E-state index is 14.1. The zero-order valence-corrected chi connectivity index (χ0v) is 27.3. The van der Waals surface area contributed by atoms with Gasteiger partial charge < -0.3 is 25.4 Å². The molecular weight excluding hydrogens is 602 g/mol. The van der Waals surface area contributed by atoms with Gasteiger partial charge in [0.2, 0.25) is 11.8 Å². The zero-order valence-electron chi connectivity index (χ0n) is 26.5. The Labute approximate surface area is 273 Å². The van der Waals surface area contributed by atoms with E-state index in [1.54, 1.807) is 18.3 Å². The predicted octanol–water partition coefficient (Wildman–Crippen LogP) is 5.68. The van der Waals surface area contributed by atoms with E-state index in [-0.39, 0.29) is 43.7 Å². The van der Waals surface area contributed by atoms with E-state index in [1.165, 1.54) is 13.5 Å². The van der Waals surface area contributed by atoms with Gasteiger partial charge in [0, 0.05) is 29.0 Å². The maximum atomic E-state index is 14.1. The first-order chi connectivity index (χ1) is 22.2. The largest absolute Gasteiger partial charge is 0.469 e. The number of fused-ring (bicyclic) bond motifs is 1. The molecule has 0 saturated heterocycles. The van der Waals surface area contributed by atoms with Crippen LogP contribution in [0.2, 0.25) is 0 Å². The lowest BCUT2D eigenvalue weighted by Crippen LogP contribution is -2.60. The summed E-state index contributed by atoms with van der Waals surface area (Å²) in [5.41, 5.74) is -0.519. The van der Waals surface area contributed by atoms with Crippen LogP contribution in [-0.4, -0.2) is 49.2 Å². The minimum absolute atomic E-state index is 0.0361. The van der Waals surface area contributed by atoms with Gasteiger partial charge in [-0.1, -0.05) is 48.5 Å². The van der Waals surface area contributed by atoms with Crippen LogP contribution < -0.4 is 16.0 Å². The molecule has 4 bridgehead atoms. The molecule has 1 unspecified atom stereocenters. The Kier molecular flexibility index (Phi) is 9.63. The summed E-state index contributed by atoms with van der Waals surface area (Å²) in [6, 6.07) is 18.9. The number of ether oxygens (including phenoxy) is 2. The molecule has 4 aliphatic carbocycles. The molecule has 0 spiro atoms. The number of nitrogens with one attached hydrogen (secondary N) is 3. The van der Waals surface area contributed by atoms with Crippen molar-refractivity contribution in [3.63, 3.8) is 0 Å². The van der Waals surface area contributed by atoms with Crippen LogP contribution in [0.5, 0.6) is 0 Å². The van der Waals surface area contributed by atoms with Crippen LogP contribution in [0.3, 0.4) is 0 Å². The summed E-state index contributed by atoms with van der Waals surface area (Å²) in [7, 11) is 1.28. The van der Waals surface area contributed by atoms with Crippen molar-refractivity contribution in [3.05, 3.63) is 71.1 Å². The number of hydrogen-bond donors (Lipinski definition) is 3. The minimum atomic E-state index is -1.32. The number of hydrogen-bond acceptors (Lipinski definition) is 7. The average molecular weight is 646 g/mol. The van der Waals surface area contributed by atoms with Crippen molar-refractivity contribution >= 4 is 45.3 Å². The van der Waals surface area contributed by atoms with Crippen molar-refractivity contribution < 1.29 is 28.7 Å². The van der Waals surface area contributed by atoms with Gasteiger partial charge in [0.15, 0.2) is 0 Å². The van der Waals surface area contributed by atoms with Gasteiger partial charge in [-0.3, -0.25) is 14.4 Å². The molecule has 7 rings (SSSR count). The van der Waals surface area contributed by atoms with Crippen molar-refractivity contribution in [2.75, 3.05) is 13.7 Å². The molecule has 46 heavy (non-hydrogen) atoms. The number of esters is 1. The van der Waals surface area contributed by atoms with Gasteiger partial charge in [0.1, 0.15) is 11.6 Å². The van der Waals surface area contributed by atoms with E-state index in [9.17, 15) is 19.2 Å². The number of methoxy groups -OCH3 is 1. The highest BCUT2D eigenvalue weighted by Gasteiger charge is 2.50. The highest BCUT2D eigenvalue weighted by Crippen LogP contribution is 2.54.